The van der Waals surface area contributed by atoms with Gasteiger partial charge in [0, 0.05) is 11.6 Å². The zero-order chi connectivity index (χ0) is 18.8. The first-order valence-corrected chi connectivity index (χ1v) is 8.18. The Morgan fingerprint density at radius 1 is 1.40 bits per heavy atom. The monoisotopic (exact) mass is 348 g/mol. The molecule has 1 aliphatic rings. The molecule has 25 heavy (non-hydrogen) atoms. The number of fused-ring (bicyclic) bond motifs is 1. The van der Waals surface area contributed by atoms with Crippen LogP contribution in [0.3, 0.4) is 0 Å². The van der Waals surface area contributed by atoms with Gasteiger partial charge in [-0.3, -0.25) is 4.79 Å². The molecule has 0 radical (unpaired) electrons. The highest BCUT2D eigenvalue weighted by Crippen LogP contribution is 2.28. The Bertz CT molecular complexity index is 693. The smallest absolute Gasteiger partial charge is 0.408 e. The maximum Gasteiger partial charge on any atom is 0.408 e. The van der Waals surface area contributed by atoms with E-state index in [0.29, 0.717) is 6.42 Å². The standard InChI is InChI=1S/C18H24N2O5/c1-10-5-6-13-11(7-10)8-12(15(21)19-13)9-14(16(22)23)20-17(24)25-18(2,3)4/h5-7,12,14H,8-9H2,1-4H3,(H,19,21)(H,20,24)(H,22,23). The molecule has 1 heterocycles. The first-order chi connectivity index (χ1) is 11.5. The van der Waals surface area contributed by atoms with Crippen LogP contribution in [0.2, 0.25) is 0 Å². The van der Waals surface area contributed by atoms with Gasteiger partial charge in [-0.05, 0) is 52.2 Å². The van der Waals surface area contributed by atoms with E-state index >= 15 is 0 Å². The number of carbonyl (C=O) groups excluding carboxylic acids is 2. The van der Waals surface area contributed by atoms with Crippen LogP contribution in [0, 0.1) is 12.8 Å². The molecule has 0 saturated heterocycles. The summed E-state index contributed by atoms with van der Waals surface area (Å²) in [6.45, 7) is 7.03. The topological polar surface area (TPSA) is 105 Å². The van der Waals surface area contributed by atoms with Crippen LogP contribution in [-0.2, 0) is 20.7 Å². The number of carbonyl (C=O) groups is 3. The SMILES string of the molecule is Cc1ccc2c(c1)CC(CC(NC(=O)OC(C)(C)C)C(=O)O)C(=O)N2. The summed E-state index contributed by atoms with van der Waals surface area (Å²) in [6.07, 6.45) is -0.386. The number of hydrogen-bond acceptors (Lipinski definition) is 4. The van der Waals surface area contributed by atoms with Gasteiger partial charge in [0.05, 0.1) is 0 Å². The number of amides is 2. The van der Waals surface area contributed by atoms with Gasteiger partial charge in [-0.1, -0.05) is 17.7 Å². The molecule has 3 N–H and O–H groups in total. The molecular formula is C18H24N2O5. The quantitative estimate of drug-likeness (QED) is 0.775. The summed E-state index contributed by atoms with van der Waals surface area (Å²) in [4.78, 5) is 35.6. The maximum atomic E-state index is 12.3. The van der Waals surface area contributed by atoms with Gasteiger partial charge in [0.2, 0.25) is 5.91 Å². The van der Waals surface area contributed by atoms with Gasteiger partial charge in [-0.15, -0.1) is 0 Å². The van der Waals surface area contributed by atoms with Gasteiger partial charge >= 0.3 is 12.1 Å². The second kappa shape index (κ2) is 7.13. The minimum Gasteiger partial charge on any atom is -0.480 e. The minimum atomic E-state index is -1.20. The van der Waals surface area contributed by atoms with Crippen LogP contribution in [0.15, 0.2) is 18.2 Å². The summed E-state index contributed by atoms with van der Waals surface area (Å²) in [5.74, 6) is -1.98. The van der Waals surface area contributed by atoms with Crippen molar-refractivity contribution in [2.45, 2.75) is 52.2 Å². The van der Waals surface area contributed by atoms with Crippen LogP contribution in [0.1, 0.15) is 38.3 Å². The fraction of sp³-hybridized carbons (Fsp3) is 0.500. The summed E-state index contributed by atoms with van der Waals surface area (Å²) < 4.78 is 5.09. The summed E-state index contributed by atoms with van der Waals surface area (Å²) in [5, 5.41) is 14.5. The first-order valence-electron chi connectivity index (χ1n) is 8.18. The van der Waals surface area contributed by atoms with Crippen molar-refractivity contribution in [1.82, 2.24) is 5.32 Å². The third-order valence-corrected chi connectivity index (χ3v) is 3.86. The van der Waals surface area contributed by atoms with Crippen LogP contribution in [-0.4, -0.2) is 34.7 Å². The Morgan fingerprint density at radius 2 is 2.08 bits per heavy atom. The number of benzene rings is 1. The predicted octanol–water partition coefficient (Wildman–Crippen LogP) is 2.47. The summed E-state index contributed by atoms with van der Waals surface area (Å²) in [6, 6.07) is 4.52. The fourth-order valence-corrected chi connectivity index (χ4v) is 2.75. The highest BCUT2D eigenvalue weighted by Gasteiger charge is 2.33. The molecule has 0 spiro atoms. The Labute approximate surface area is 146 Å². The average Bonchev–Trinajstić information content (AvgIpc) is 2.45. The van der Waals surface area contributed by atoms with Gasteiger partial charge < -0.3 is 20.5 Å². The van der Waals surface area contributed by atoms with Crippen LogP contribution in [0.5, 0.6) is 0 Å². The number of nitrogens with one attached hydrogen (secondary N) is 2. The van der Waals surface area contributed by atoms with E-state index in [9.17, 15) is 19.5 Å². The van der Waals surface area contributed by atoms with Crippen molar-refractivity contribution in [1.29, 1.82) is 0 Å². The van der Waals surface area contributed by atoms with Crippen molar-refractivity contribution in [2.75, 3.05) is 5.32 Å². The molecule has 1 aliphatic heterocycles. The first kappa shape index (κ1) is 18.8. The maximum absolute atomic E-state index is 12.3. The number of carboxylic acids is 1. The van der Waals surface area contributed by atoms with E-state index < -0.39 is 29.6 Å². The van der Waals surface area contributed by atoms with Crippen molar-refractivity contribution in [2.24, 2.45) is 5.92 Å². The number of carboxylic acid groups (broad SMARTS) is 1. The summed E-state index contributed by atoms with van der Waals surface area (Å²) in [7, 11) is 0. The normalized spacial score (nSPS) is 17.9. The molecular weight excluding hydrogens is 324 g/mol. The molecule has 7 heteroatoms. The highest BCUT2D eigenvalue weighted by atomic mass is 16.6. The lowest BCUT2D eigenvalue weighted by Gasteiger charge is -2.28. The largest absolute Gasteiger partial charge is 0.480 e. The van der Waals surface area contributed by atoms with Gasteiger partial charge in [-0.25, -0.2) is 9.59 Å². The summed E-state index contributed by atoms with van der Waals surface area (Å²) in [5.41, 5.74) is 2.05. The Hall–Kier alpha value is -2.57. The molecule has 2 amide bonds. The molecule has 0 bridgehead atoms. The molecule has 1 aromatic carbocycles. The predicted molar refractivity (Wildman–Crippen MR) is 92.4 cm³/mol. The van der Waals surface area contributed by atoms with Gasteiger partial charge in [0.15, 0.2) is 0 Å². The number of aliphatic carboxylic acids is 1. The highest BCUT2D eigenvalue weighted by molar-refractivity contribution is 5.96. The van der Waals surface area contributed by atoms with Crippen LogP contribution in [0.25, 0.3) is 0 Å². The lowest BCUT2D eigenvalue weighted by molar-refractivity contribution is -0.140. The molecule has 0 aliphatic carbocycles. The van der Waals surface area contributed by atoms with Crippen LogP contribution >= 0.6 is 0 Å². The lowest BCUT2D eigenvalue weighted by Crippen LogP contribution is -2.46. The average molecular weight is 348 g/mol. The second-order valence-electron chi connectivity index (χ2n) is 7.32. The van der Waals surface area contributed by atoms with E-state index in [0.717, 1.165) is 16.8 Å². The number of hydrogen-bond donors (Lipinski definition) is 3. The number of ether oxygens (including phenoxy) is 1. The van der Waals surface area contributed by atoms with E-state index in [4.69, 9.17) is 4.74 Å². The minimum absolute atomic E-state index is 0.00616. The number of alkyl carbamates (subject to hydrolysis) is 1. The second-order valence-corrected chi connectivity index (χ2v) is 7.32. The van der Waals surface area contributed by atoms with E-state index in [1.165, 1.54) is 0 Å². The van der Waals surface area contributed by atoms with Crippen molar-refractivity contribution < 1.29 is 24.2 Å². The zero-order valence-electron chi connectivity index (χ0n) is 14.9. The summed E-state index contributed by atoms with van der Waals surface area (Å²) >= 11 is 0. The van der Waals surface area contributed by atoms with E-state index in [2.05, 4.69) is 10.6 Å². The van der Waals surface area contributed by atoms with E-state index in [1.54, 1.807) is 20.8 Å². The van der Waals surface area contributed by atoms with E-state index in [-0.39, 0.29) is 12.3 Å². The molecule has 2 atom stereocenters. The van der Waals surface area contributed by atoms with Crippen molar-refractivity contribution in [3.05, 3.63) is 29.3 Å². The molecule has 1 aromatic rings. The number of aryl methyl sites for hydroxylation is 1. The molecule has 0 saturated carbocycles. The molecule has 2 unspecified atom stereocenters. The Balaban J connectivity index is 2.08. The zero-order valence-corrected chi connectivity index (χ0v) is 14.9. The van der Waals surface area contributed by atoms with Crippen molar-refractivity contribution in [3.8, 4) is 0 Å². The molecule has 7 nitrogen and oxygen atoms in total. The van der Waals surface area contributed by atoms with Crippen LogP contribution < -0.4 is 10.6 Å². The third-order valence-electron chi connectivity index (χ3n) is 3.86. The fourth-order valence-electron chi connectivity index (χ4n) is 2.75. The Kier molecular flexibility index (Phi) is 5.35. The van der Waals surface area contributed by atoms with Crippen molar-refractivity contribution >= 4 is 23.7 Å². The molecule has 136 valence electrons. The molecule has 0 aromatic heterocycles. The lowest BCUT2D eigenvalue weighted by atomic mass is 9.87. The molecule has 2 rings (SSSR count). The van der Waals surface area contributed by atoms with Crippen molar-refractivity contribution in [3.63, 3.8) is 0 Å². The molecule has 0 fully saturated rings. The van der Waals surface area contributed by atoms with E-state index in [1.807, 2.05) is 25.1 Å². The third kappa shape index (κ3) is 5.20. The number of rotatable bonds is 4. The van der Waals surface area contributed by atoms with Crippen LogP contribution in [0.4, 0.5) is 10.5 Å². The van der Waals surface area contributed by atoms with Gasteiger partial charge in [0.25, 0.3) is 0 Å². The Morgan fingerprint density at radius 3 is 2.68 bits per heavy atom. The number of anilines is 1. The van der Waals surface area contributed by atoms with Gasteiger partial charge in [-0.2, -0.15) is 0 Å². The van der Waals surface area contributed by atoms with Gasteiger partial charge in [0.1, 0.15) is 11.6 Å².